The number of halogens is 1. The number of hydrogen-bond acceptors (Lipinski definition) is 5. The fourth-order valence-corrected chi connectivity index (χ4v) is 3.82. The number of rotatable bonds is 7. The molecule has 0 bridgehead atoms. The fraction of sp³-hybridized carbons (Fsp3) is 0.417. The van der Waals surface area contributed by atoms with Crippen molar-refractivity contribution in [3.8, 4) is 0 Å². The van der Waals surface area contributed by atoms with Gasteiger partial charge in [-0.2, -0.15) is 0 Å². The van der Waals surface area contributed by atoms with Gasteiger partial charge >= 0.3 is 0 Å². The van der Waals surface area contributed by atoms with Crippen molar-refractivity contribution in [3.05, 3.63) is 64.8 Å². The monoisotopic (exact) mass is 427 g/mol. The van der Waals surface area contributed by atoms with Crippen molar-refractivity contribution < 1.29 is 9.53 Å². The number of aliphatic imine (C=N–C) groups is 1. The molecule has 1 atom stereocenters. The Morgan fingerprint density at radius 2 is 2.00 bits per heavy atom. The summed E-state index contributed by atoms with van der Waals surface area (Å²) in [5.41, 5.74) is 2.64. The highest BCUT2D eigenvalue weighted by Gasteiger charge is 2.15. The number of carbonyl (C=O) groups is 1. The summed E-state index contributed by atoms with van der Waals surface area (Å²) in [5.74, 6) is 0.273. The van der Waals surface area contributed by atoms with E-state index in [9.17, 15) is 4.79 Å². The molecule has 1 aromatic rings. The van der Waals surface area contributed by atoms with Gasteiger partial charge in [0.05, 0.1) is 6.67 Å². The van der Waals surface area contributed by atoms with Gasteiger partial charge < -0.3 is 9.64 Å². The van der Waals surface area contributed by atoms with E-state index >= 15 is 0 Å². The molecule has 2 aliphatic rings. The Kier molecular flexibility index (Phi) is 8.87. The number of nitrogens with zero attached hydrogens (tertiary/aromatic N) is 2. The molecule has 1 N–H and O–H groups in total. The minimum Gasteiger partial charge on any atom is -0.381 e. The maximum absolute atomic E-state index is 12.0. The summed E-state index contributed by atoms with van der Waals surface area (Å²) in [5, 5.41) is 4.13. The lowest BCUT2D eigenvalue weighted by Gasteiger charge is -2.27. The van der Waals surface area contributed by atoms with Gasteiger partial charge in [-0.1, -0.05) is 41.9 Å². The van der Waals surface area contributed by atoms with Crippen LogP contribution in [0.25, 0.3) is 0 Å². The topological polar surface area (TPSA) is 53.9 Å². The molecule has 0 aliphatic carbocycles. The first-order chi connectivity index (χ1) is 14.7. The third-order valence-corrected chi connectivity index (χ3v) is 5.66. The number of ether oxygens (including phenoxy) is 1. The van der Waals surface area contributed by atoms with Crippen LogP contribution in [0.4, 0.5) is 5.69 Å². The van der Waals surface area contributed by atoms with Crippen molar-refractivity contribution in [2.75, 3.05) is 31.8 Å². The van der Waals surface area contributed by atoms with E-state index in [-0.39, 0.29) is 5.92 Å². The summed E-state index contributed by atoms with van der Waals surface area (Å²) in [6.45, 7) is 2.28. The van der Waals surface area contributed by atoms with E-state index < -0.39 is 0 Å². The van der Waals surface area contributed by atoms with E-state index in [0.717, 1.165) is 56.4 Å². The second kappa shape index (κ2) is 11.8. The molecule has 2 heterocycles. The summed E-state index contributed by atoms with van der Waals surface area (Å²) >= 11 is 5.94. The van der Waals surface area contributed by atoms with Gasteiger partial charge in [0.2, 0.25) is 0 Å². The molecule has 0 amide bonds. The highest BCUT2D eigenvalue weighted by Crippen LogP contribution is 2.21. The minimum atomic E-state index is 0.273. The predicted octanol–water partition coefficient (Wildman–Crippen LogP) is 4.50. The molecule has 30 heavy (non-hydrogen) atoms. The van der Waals surface area contributed by atoms with Crippen LogP contribution in [0, 0.1) is 5.92 Å². The quantitative estimate of drug-likeness (QED) is 0.395. The van der Waals surface area contributed by atoms with E-state index in [4.69, 9.17) is 16.3 Å². The summed E-state index contributed by atoms with van der Waals surface area (Å²) < 4.78 is 5.43. The van der Waals surface area contributed by atoms with Crippen molar-refractivity contribution in [1.82, 2.24) is 5.32 Å². The minimum absolute atomic E-state index is 0.273. The highest BCUT2D eigenvalue weighted by atomic mass is 35.5. The van der Waals surface area contributed by atoms with Crippen LogP contribution < -0.4 is 10.2 Å². The lowest BCUT2D eigenvalue weighted by atomic mass is 9.96. The van der Waals surface area contributed by atoms with Gasteiger partial charge in [0.25, 0.3) is 0 Å². The van der Waals surface area contributed by atoms with Gasteiger partial charge in [-0.15, -0.1) is 0 Å². The first-order valence-corrected chi connectivity index (χ1v) is 10.9. The molecule has 6 heteroatoms. The van der Waals surface area contributed by atoms with Gasteiger partial charge in [0.15, 0.2) is 6.29 Å². The Morgan fingerprint density at radius 3 is 2.70 bits per heavy atom. The molecule has 0 spiro atoms. The predicted molar refractivity (Wildman–Crippen MR) is 124 cm³/mol. The van der Waals surface area contributed by atoms with Crippen LogP contribution in [0.2, 0.25) is 0 Å². The van der Waals surface area contributed by atoms with Crippen LogP contribution >= 0.6 is 11.6 Å². The van der Waals surface area contributed by atoms with Crippen molar-refractivity contribution in [3.63, 3.8) is 0 Å². The smallest absolute Gasteiger partial charge is 0.152 e. The van der Waals surface area contributed by atoms with Gasteiger partial charge in [-0.25, -0.2) is 4.99 Å². The average Bonchev–Trinajstić information content (AvgIpc) is 2.78. The molecule has 1 fully saturated rings. The van der Waals surface area contributed by atoms with Gasteiger partial charge in [0.1, 0.15) is 5.16 Å². The van der Waals surface area contributed by atoms with Crippen LogP contribution in [-0.2, 0) is 11.2 Å². The Balaban J connectivity index is 1.82. The number of carbonyl (C=O) groups excluding carboxylic acids is 1. The van der Waals surface area contributed by atoms with Crippen molar-refractivity contribution in [1.29, 1.82) is 0 Å². The lowest BCUT2D eigenvalue weighted by molar-refractivity contribution is 0.0782. The van der Waals surface area contributed by atoms with Crippen LogP contribution in [0.3, 0.4) is 0 Å². The molecule has 1 unspecified atom stereocenters. The third kappa shape index (κ3) is 6.94. The van der Waals surface area contributed by atoms with E-state index in [2.05, 4.69) is 21.3 Å². The Bertz CT molecular complexity index is 833. The molecular formula is C24H30ClN3O2. The zero-order chi connectivity index (χ0) is 21.2. The number of nitrogens with one attached hydrogen (secondary N) is 1. The first-order valence-electron chi connectivity index (χ1n) is 10.5. The summed E-state index contributed by atoms with van der Waals surface area (Å²) in [7, 11) is 2.01. The van der Waals surface area contributed by atoms with Gasteiger partial charge in [-0.05, 0) is 49.5 Å². The molecule has 2 aliphatic heterocycles. The maximum Gasteiger partial charge on any atom is 0.152 e. The molecule has 160 valence electrons. The summed E-state index contributed by atoms with van der Waals surface area (Å²) in [6.07, 6.45) is 8.47. The number of aldehydes is 1. The number of hydrogen-bond donors (Lipinski definition) is 1. The van der Waals surface area contributed by atoms with Gasteiger partial charge in [0, 0.05) is 49.7 Å². The highest BCUT2D eigenvalue weighted by molar-refractivity contribution is 6.29. The van der Waals surface area contributed by atoms with E-state index in [0.29, 0.717) is 23.4 Å². The Morgan fingerprint density at radius 1 is 1.23 bits per heavy atom. The van der Waals surface area contributed by atoms with Crippen LogP contribution in [0.5, 0.6) is 0 Å². The average molecular weight is 428 g/mol. The standard InChI is InChI=1S/C24H30ClN3O2/c1-28(18-27-22-10-12-30-13-11-22)23-7-5-3-2-4-6-19(15-21(23)17-29)14-20-8-9-24(25)26-16-20/h2-7,9,15-17,20,22,27H,8,10-14,18H2,1H3. The SMILES string of the molecule is CN(CNC1CCOCC1)c1ccccccc(CC2C=NC(Cl)=CC2)cc1C=O. The van der Waals surface area contributed by atoms with E-state index in [1.54, 1.807) is 0 Å². The number of anilines is 1. The number of allylic oxidation sites excluding steroid dienone is 1. The van der Waals surface area contributed by atoms with Gasteiger partial charge in [-0.3, -0.25) is 10.1 Å². The van der Waals surface area contributed by atoms with Crippen LogP contribution in [0.15, 0.2) is 58.7 Å². The second-order valence-corrected chi connectivity index (χ2v) is 8.12. The molecule has 0 saturated carbocycles. The van der Waals surface area contributed by atoms with E-state index in [1.165, 1.54) is 0 Å². The molecule has 1 saturated heterocycles. The Labute approximate surface area is 184 Å². The molecule has 3 rings (SSSR count). The molecule has 5 nitrogen and oxygen atoms in total. The third-order valence-electron chi connectivity index (χ3n) is 5.41. The molecule has 0 radical (unpaired) electrons. The zero-order valence-electron chi connectivity index (χ0n) is 17.5. The molecule has 0 aromatic heterocycles. The van der Waals surface area contributed by atoms with Crippen molar-refractivity contribution in [2.24, 2.45) is 10.9 Å². The van der Waals surface area contributed by atoms with Crippen LogP contribution in [0.1, 0.15) is 35.2 Å². The summed E-state index contributed by atoms with van der Waals surface area (Å²) in [6, 6.07) is 14.4. The first kappa shape index (κ1) is 22.5. The second-order valence-electron chi connectivity index (χ2n) is 7.73. The maximum atomic E-state index is 12.0. The van der Waals surface area contributed by atoms with Crippen molar-refractivity contribution >= 4 is 29.8 Å². The normalized spacial score (nSPS) is 19.0. The van der Waals surface area contributed by atoms with Crippen molar-refractivity contribution in [2.45, 2.75) is 31.7 Å². The largest absolute Gasteiger partial charge is 0.381 e. The lowest BCUT2D eigenvalue weighted by Crippen LogP contribution is -2.41. The van der Waals surface area contributed by atoms with Crippen LogP contribution in [-0.4, -0.2) is 45.5 Å². The van der Waals surface area contributed by atoms with E-state index in [1.807, 2.05) is 55.7 Å². The summed E-state index contributed by atoms with van der Waals surface area (Å²) in [4.78, 5) is 18.3. The molecule has 1 aromatic carbocycles. The molecular weight excluding hydrogens is 398 g/mol. The Hall–Kier alpha value is -2.21. The zero-order valence-corrected chi connectivity index (χ0v) is 18.2. The fourth-order valence-electron chi connectivity index (χ4n) is 3.67.